The Kier molecular flexibility index (Phi) is 40.2. The Balaban J connectivity index is 0.00000662. The van der Waals surface area contributed by atoms with Crippen LogP contribution in [0.1, 0.15) is 251 Å². The van der Waals surface area contributed by atoms with Gasteiger partial charge in [-0.05, 0) is 12.8 Å². The molecule has 0 aliphatic heterocycles. The maximum atomic E-state index is 11.9. The van der Waals surface area contributed by atoms with Crippen molar-refractivity contribution in [1.29, 1.82) is 0 Å². The summed E-state index contributed by atoms with van der Waals surface area (Å²) < 4.78 is 10.5. The third kappa shape index (κ3) is 44.9. The topological polar surface area (TPSA) is 52.6 Å². The van der Waals surface area contributed by atoms with Crippen molar-refractivity contribution in [1.82, 2.24) is 0 Å². The Hall–Kier alpha value is -1.06. The fourth-order valence-corrected chi connectivity index (χ4v) is 6.09. The highest BCUT2D eigenvalue weighted by Gasteiger charge is 2.06. The van der Waals surface area contributed by atoms with E-state index in [0.717, 1.165) is 25.7 Å². The van der Waals surface area contributed by atoms with E-state index in [-0.39, 0.29) is 25.2 Å². The standard InChI is InChI=1S/C40H78O4.C3H6/c1-3-5-7-9-11-13-15-17-19-21-23-25-27-29-31-33-35-39(41)43-37-38-44-40(42)36-34-32-30-28-26-24-22-20-18-16-14-12-10-8-6-4-2;1-2-3-1/h3-38H2,1-2H3;1-3H2. The van der Waals surface area contributed by atoms with Crippen LogP contribution in [0.3, 0.4) is 0 Å². The van der Waals surface area contributed by atoms with E-state index in [0.29, 0.717) is 12.8 Å². The summed E-state index contributed by atoms with van der Waals surface area (Å²) in [6.07, 6.45) is 47.9. The third-order valence-corrected chi connectivity index (χ3v) is 9.43. The van der Waals surface area contributed by atoms with Gasteiger partial charge in [-0.15, -0.1) is 0 Å². The molecule has 1 rings (SSSR count). The minimum absolute atomic E-state index is 0.163. The van der Waals surface area contributed by atoms with Crippen LogP contribution in [0.4, 0.5) is 0 Å². The van der Waals surface area contributed by atoms with E-state index in [9.17, 15) is 9.59 Å². The molecule has 0 saturated heterocycles. The van der Waals surface area contributed by atoms with Crippen molar-refractivity contribution in [2.45, 2.75) is 251 Å². The van der Waals surface area contributed by atoms with Gasteiger partial charge in [0.15, 0.2) is 0 Å². The van der Waals surface area contributed by atoms with Crippen molar-refractivity contribution >= 4 is 11.9 Å². The van der Waals surface area contributed by atoms with Crippen LogP contribution in [0.25, 0.3) is 0 Å². The summed E-state index contributed by atoms with van der Waals surface area (Å²) in [5.41, 5.74) is 0. The van der Waals surface area contributed by atoms with Gasteiger partial charge >= 0.3 is 11.9 Å². The summed E-state index contributed by atoms with van der Waals surface area (Å²) in [6, 6.07) is 0. The second-order valence-electron chi connectivity index (χ2n) is 14.6. The molecule has 0 aromatic carbocycles. The first-order chi connectivity index (χ1) is 23.2. The van der Waals surface area contributed by atoms with Gasteiger partial charge < -0.3 is 9.47 Å². The average molecular weight is 665 g/mol. The Morgan fingerprint density at radius 2 is 0.511 bits per heavy atom. The fourth-order valence-electron chi connectivity index (χ4n) is 6.09. The zero-order valence-electron chi connectivity index (χ0n) is 32.2. The Morgan fingerprint density at radius 3 is 0.702 bits per heavy atom. The molecule has 0 amide bonds. The van der Waals surface area contributed by atoms with Crippen molar-refractivity contribution in [3.63, 3.8) is 0 Å². The van der Waals surface area contributed by atoms with Gasteiger partial charge in [0.2, 0.25) is 0 Å². The van der Waals surface area contributed by atoms with Crippen molar-refractivity contribution in [3.05, 3.63) is 0 Å². The second kappa shape index (κ2) is 41.1. The van der Waals surface area contributed by atoms with E-state index >= 15 is 0 Å². The van der Waals surface area contributed by atoms with Crippen molar-refractivity contribution in [2.75, 3.05) is 13.2 Å². The minimum atomic E-state index is -0.163. The van der Waals surface area contributed by atoms with Crippen LogP contribution in [0, 0.1) is 0 Å². The van der Waals surface area contributed by atoms with Gasteiger partial charge in [0.25, 0.3) is 0 Å². The number of unbranched alkanes of at least 4 members (excludes halogenated alkanes) is 30. The summed E-state index contributed by atoms with van der Waals surface area (Å²) in [4.78, 5) is 23.8. The molecular formula is C43H84O4. The number of carbonyl (C=O) groups is 2. The molecule has 280 valence electrons. The molecule has 0 spiro atoms. The van der Waals surface area contributed by atoms with Crippen LogP contribution >= 0.6 is 0 Å². The second-order valence-corrected chi connectivity index (χ2v) is 14.6. The van der Waals surface area contributed by atoms with Crippen LogP contribution < -0.4 is 0 Å². The lowest BCUT2D eigenvalue weighted by molar-refractivity contribution is -0.152. The molecule has 0 heterocycles. The normalized spacial score (nSPS) is 12.0. The fraction of sp³-hybridized carbons (Fsp3) is 0.953. The molecular weight excluding hydrogens is 580 g/mol. The maximum absolute atomic E-state index is 11.9. The molecule has 4 nitrogen and oxygen atoms in total. The maximum Gasteiger partial charge on any atom is 0.305 e. The average Bonchev–Trinajstić information content (AvgIpc) is 3.96. The highest BCUT2D eigenvalue weighted by molar-refractivity contribution is 5.70. The van der Waals surface area contributed by atoms with E-state index in [1.165, 1.54) is 199 Å². The molecule has 0 atom stereocenters. The molecule has 1 aliphatic rings. The molecule has 0 aromatic heterocycles. The van der Waals surface area contributed by atoms with Gasteiger partial charge in [0.05, 0.1) is 0 Å². The van der Waals surface area contributed by atoms with Gasteiger partial charge in [0.1, 0.15) is 13.2 Å². The lowest BCUT2D eigenvalue weighted by Gasteiger charge is -2.07. The Labute approximate surface area is 295 Å². The van der Waals surface area contributed by atoms with E-state index in [2.05, 4.69) is 13.8 Å². The third-order valence-electron chi connectivity index (χ3n) is 9.43. The van der Waals surface area contributed by atoms with Gasteiger partial charge in [-0.3, -0.25) is 9.59 Å². The number of hydrogen-bond acceptors (Lipinski definition) is 4. The first-order valence-corrected chi connectivity index (χ1v) is 21.5. The summed E-state index contributed by atoms with van der Waals surface area (Å²) in [7, 11) is 0. The highest BCUT2D eigenvalue weighted by Crippen LogP contribution is 2.16. The molecule has 0 radical (unpaired) electrons. The number of esters is 2. The molecule has 0 bridgehead atoms. The summed E-state index contributed by atoms with van der Waals surface area (Å²) >= 11 is 0. The summed E-state index contributed by atoms with van der Waals surface area (Å²) in [5, 5.41) is 0. The number of rotatable bonds is 37. The lowest BCUT2D eigenvalue weighted by atomic mass is 10.0. The summed E-state index contributed by atoms with van der Waals surface area (Å²) in [5.74, 6) is -0.326. The zero-order valence-corrected chi connectivity index (χ0v) is 32.2. The van der Waals surface area contributed by atoms with Crippen LogP contribution in [-0.2, 0) is 19.1 Å². The molecule has 4 heteroatoms. The number of hydrogen-bond donors (Lipinski definition) is 0. The van der Waals surface area contributed by atoms with Crippen LogP contribution in [0.15, 0.2) is 0 Å². The molecule has 0 aromatic rings. The minimum Gasteiger partial charge on any atom is -0.462 e. The van der Waals surface area contributed by atoms with Gasteiger partial charge in [0, 0.05) is 12.8 Å². The first-order valence-electron chi connectivity index (χ1n) is 21.5. The lowest BCUT2D eigenvalue weighted by Crippen LogP contribution is -2.13. The monoisotopic (exact) mass is 665 g/mol. The van der Waals surface area contributed by atoms with E-state index in [1.54, 1.807) is 0 Å². The van der Waals surface area contributed by atoms with Gasteiger partial charge in [-0.25, -0.2) is 0 Å². The van der Waals surface area contributed by atoms with Crippen LogP contribution in [0.5, 0.6) is 0 Å². The predicted molar refractivity (Wildman–Crippen MR) is 204 cm³/mol. The van der Waals surface area contributed by atoms with Crippen molar-refractivity contribution in [2.24, 2.45) is 0 Å². The molecule has 0 unspecified atom stereocenters. The number of ether oxygens (including phenoxy) is 2. The first kappa shape index (κ1) is 45.9. The largest absolute Gasteiger partial charge is 0.462 e. The highest BCUT2D eigenvalue weighted by atomic mass is 16.6. The molecule has 47 heavy (non-hydrogen) atoms. The van der Waals surface area contributed by atoms with E-state index in [1.807, 2.05) is 0 Å². The Bertz CT molecular complexity index is 564. The number of carbonyl (C=O) groups excluding carboxylic acids is 2. The smallest absolute Gasteiger partial charge is 0.305 e. The SMILES string of the molecule is C1CC1.CCCCCCCCCCCCCCCCCCC(=O)OCCOC(=O)CCCCCCCCCCCCCCCCCC. The zero-order chi connectivity index (χ0) is 34.1. The Morgan fingerprint density at radius 1 is 0.319 bits per heavy atom. The van der Waals surface area contributed by atoms with Gasteiger partial charge in [-0.1, -0.05) is 226 Å². The van der Waals surface area contributed by atoms with Crippen LogP contribution in [-0.4, -0.2) is 25.2 Å². The van der Waals surface area contributed by atoms with E-state index < -0.39 is 0 Å². The molecule has 1 aliphatic carbocycles. The molecule has 1 saturated carbocycles. The van der Waals surface area contributed by atoms with Crippen LogP contribution in [0.2, 0.25) is 0 Å². The van der Waals surface area contributed by atoms with Gasteiger partial charge in [-0.2, -0.15) is 0 Å². The predicted octanol–water partition coefficient (Wildman–Crippen LogP) is 14.5. The molecule has 1 fully saturated rings. The quantitative estimate of drug-likeness (QED) is 0.0490. The van der Waals surface area contributed by atoms with Crippen molar-refractivity contribution in [3.8, 4) is 0 Å². The molecule has 0 N–H and O–H groups in total. The van der Waals surface area contributed by atoms with E-state index in [4.69, 9.17) is 9.47 Å². The summed E-state index contributed by atoms with van der Waals surface area (Å²) in [6.45, 7) is 4.93. The van der Waals surface area contributed by atoms with Crippen molar-refractivity contribution < 1.29 is 19.1 Å².